The first-order valence-corrected chi connectivity index (χ1v) is 8.24. The molecule has 1 amide bonds. The molecule has 4 nitrogen and oxygen atoms in total. The largest absolute Gasteiger partial charge is 0.497 e. The topological polar surface area (TPSA) is 49.8 Å². The van der Waals surface area contributed by atoms with Gasteiger partial charge >= 0.3 is 0 Å². The van der Waals surface area contributed by atoms with Crippen molar-refractivity contribution in [2.45, 2.75) is 44.6 Å². The van der Waals surface area contributed by atoms with Crippen LogP contribution in [0.4, 0.5) is 0 Å². The van der Waals surface area contributed by atoms with Gasteiger partial charge in [-0.15, -0.1) is 0 Å². The molecular weight excluding hydrogens is 278 g/mol. The number of nitrogens with zero attached hydrogens (tertiary/aromatic N) is 1. The molecule has 4 heteroatoms. The maximum Gasteiger partial charge on any atom is 0.256 e. The number of hydrogen-bond acceptors (Lipinski definition) is 3. The van der Waals surface area contributed by atoms with Crippen LogP contribution in [0.5, 0.6) is 5.75 Å². The van der Waals surface area contributed by atoms with E-state index in [0.29, 0.717) is 16.7 Å². The third-order valence-electron chi connectivity index (χ3n) is 5.44. The number of piperidine rings is 1. The summed E-state index contributed by atoms with van der Waals surface area (Å²) in [6.07, 6.45) is 6.38. The van der Waals surface area contributed by atoms with Crippen molar-refractivity contribution in [3.8, 4) is 5.75 Å². The van der Waals surface area contributed by atoms with E-state index < -0.39 is 6.10 Å². The van der Waals surface area contributed by atoms with Crippen molar-refractivity contribution >= 4 is 5.91 Å². The summed E-state index contributed by atoms with van der Waals surface area (Å²) in [5.41, 5.74) is 1.09. The van der Waals surface area contributed by atoms with Gasteiger partial charge in [-0.2, -0.15) is 0 Å². The van der Waals surface area contributed by atoms with Gasteiger partial charge < -0.3 is 14.7 Å². The molecule has 1 saturated carbocycles. The van der Waals surface area contributed by atoms with Gasteiger partial charge in [0.25, 0.3) is 5.91 Å². The van der Waals surface area contributed by atoms with Crippen LogP contribution in [0.15, 0.2) is 24.3 Å². The summed E-state index contributed by atoms with van der Waals surface area (Å²) in [4.78, 5) is 14.4. The van der Waals surface area contributed by atoms with Crippen molar-refractivity contribution in [3.63, 3.8) is 0 Å². The van der Waals surface area contributed by atoms with Gasteiger partial charge in [0.2, 0.25) is 0 Å². The van der Waals surface area contributed by atoms with E-state index in [0.717, 1.165) is 25.9 Å². The van der Waals surface area contributed by atoms with Crippen molar-refractivity contribution in [2.75, 3.05) is 20.2 Å². The summed E-state index contributed by atoms with van der Waals surface area (Å²) in [7, 11) is 1.58. The number of methoxy groups -OCH3 is 1. The van der Waals surface area contributed by atoms with Gasteiger partial charge in [0.15, 0.2) is 6.10 Å². The van der Waals surface area contributed by atoms with Gasteiger partial charge in [-0.1, -0.05) is 25.0 Å². The molecule has 1 aliphatic heterocycles. The van der Waals surface area contributed by atoms with Gasteiger partial charge in [-0.05, 0) is 48.8 Å². The first-order chi connectivity index (χ1) is 10.6. The summed E-state index contributed by atoms with van der Waals surface area (Å²) in [5.74, 6) is 0.481. The normalized spacial score (nSPS) is 21.8. The number of aliphatic hydroxyl groups excluding tert-OH is 1. The number of carbonyl (C=O) groups is 1. The predicted molar refractivity (Wildman–Crippen MR) is 84.7 cm³/mol. The van der Waals surface area contributed by atoms with Crippen molar-refractivity contribution in [3.05, 3.63) is 29.8 Å². The first kappa shape index (κ1) is 15.3. The monoisotopic (exact) mass is 303 g/mol. The van der Waals surface area contributed by atoms with Crippen LogP contribution in [-0.4, -0.2) is 36.1 Å². The molecule has 120 valence electrons. The quantitative estimate of drug-likeness (QED) is 0.934. The van der Waals surface area contributed by atoms with Gasteiger partial charge in [0.05, 0.1) is 7.11 Å². The number of carbonyl (C=O) groups excluding carboxylic acids is 1. The van der Waals surface area contributed by atoms with Gasteiger partial charge in [-0.25, -0.2) is 0 Å². The lowest BCUT2D eigenvalue weighted by Crippen LogP contribution is -2.44. The molecule has 2 fully saturated rings. The zero-order chi connectivity index (χ0) is 15.6. The second kappa shape index (κ2) is 6.29. The summed E-state index contributed by atoms with van der Waals surface area (Å²) in [6.45, 7) is 1.56. The van der Waals surface area contributed by atoms with E-state index in [-0.39, 0.29) is 5.91 Å². The lowest BCUT2D eigenvalue weighted by atomic mass is 9.77. The fourth-order valence-electron chi connectivity index (χ4n) is 3.95. The van der Waals surface area contributed by atoms with Gasteiger partial charge in [0.1, 0.15) is 5.75 Å². The molecule has 1 atom stereocenters. The van der Waals surface area contributed by atoms with Crippen LogP contribution in [0.2, 0.25) is 0 Å². The van der Waals surface area contributed by atoms with Crippen molar-refractivity contribution in [1.82, 2.24) is 4.90 Å². The van der Waals surface area contributed by atoms with Crippen molar-refractivity contribution < 1.29 is 14.6 Å². The second-order valence-electron chi connectivity index (χ2n) is 6.71. The van der Waals surface area contributed by atoms with Crippen LogP contribution in [0.25, 0.3) is 0 Å². The summed E-state index contributed by atoms with van der Waals surface area (Å²) in [5, 5.41) is 10.4. The first-order valence-electron chi connectivity index (χ1n) is 8.24. The van der Waals surface area contributed by atoms with Crippen LogP contribution in [0.1, 0.15) is 50.2 Å². The Kier molecular flexibility index (Phi) is 4.39. The predicted octanol–water partition coefficient (Wildman–Crippen LogP) is 2.91. The Bertz CT molecular complexity index is 527. The highest BCUT2D eigenvalue weighted by Crippen LogP contribution is 2.46. The van der Waals surface area contributed by atoms with Crippen LogP contribution < -0.4 is 4.74 Å². The maximum atomic E-state index is 12.5. The molecule has 3 rings (SSSR count). The van der Waals surface area contributed by atoms with E-state index in [1.54, 1.807) is 25.3 Å². The highest BCUT2D eigenvalue weighted by molar-refractivity contribution is 5.82. The Morgan fingerprint density at radius 2 is 1.91 bits per heavy atom. The van der Waals surface area contributed by atoms with Crippen LogP contribution in [0.3, 0.4) is 0 Å². The fourth-order valence-corrected chi connectivity index (χ4v) is 3.95. The average molecular weight is 303 g/mol. The number of aliphatic hydroxyl groups is 1. The Labute approximate surface area is 132 Å². The highest BCUT2D eigenvalue weighted by Gasteiger charge is 2.39. The lowest BCUT2D eigenvalue weighted by Gasteiger charge is -2.40. The summed E-state index contributed by atoms with van der Waals surface area (Å²) >= 11 is 0. The molecule has 1 aromatic rings. The molecule has 1 saturated heterocycles. The van der Waals surface area contributed by atoms with Crippen LogP contribution in [0, 0.1) is 5.41 Å². The van der Waals surface area contributed by atoms with E-state index in [2.05, 4.69) is 0 Å². The van der Waals surface area contributed by atoms with Gasteiger partial charge in [-0.3, -0.25) is 4.79 Å². The average Bonchev–Trinajstić information content (AvgIpc) is 3.02. The minimum Gasteiger partial charge on any atom is -0.497 e. The number of benzene rings is 1. The summed E-state index contributed by atoms with van der Waals surface area (Å²) in [6, 6.07) is 7.11. The van der Waals surface area contributed by atoms with Crippen molar-refractivity contribution in [2.24, 2.45) is 5.41 Å². The van der Waals surface area contributed by atoms with E-state index in [9.17, 15) is 9.90 Å². The molecule has 0 aromatic heterocycles. The number of hydrogen-bond donors (Lipinski definition) is 1. The molecule has 2 aliphatic rings. The molecule has 1 aromatic carbocycles. The Morgan fingerprint density at radius 1 is 1.23 bits per heavy atom. The SMILES string of the molecule is COc1cccc(C(O)C(=O)N2CCC3(CCCC3)CC2)c1. The minimum atomic E-state index is -1.09. The maximum absolute atomic E-state index is 12.5. The fraction of sp³-hybridized carbons (Fsp3) is 0.611. The second-order valence-corrected chi connectivity index (χ2v) is 6.71. The molecule has 22 heavy (non-hydrogen) atoms. The van der Waals surface area contributed by atoms with E-state index >= 15 is 0 Å². The van der Waals surface area contributed by atoms with Crippen LogP contribution >= 0.6 is 0 Å². The third-order valence-corrected chi connectivity index (χ3v) is 5.44. The Hall–Kier alpha value is -1.55. The van der Waals surface area contributed by atoms with E-state index in [1.807, 2.05) is 11.0 Å². The molecule has 0 bridgehead atoms. The van der Waals surface area contributed by atoms with E-state index in [4.69, 9.17) is 4.74 Å². The Morgan fingerprint density at radius 3 is 2.55 bits per heavy atom. The van der Waals surface area contributed by atoms with Crippen LogP contribution in [-0.2, 0) is 4.79 Å². The molecule has 1 N–H and O–H groups in total. The molecule has 1 unspecified atom stereocenters. The zero-order valence-corrected chi connectivity index (χ0v) is 13.3. The molecule has 1 aliphatic carbocycles. The molecular formula is C18H25NO3. The van der Waals surface area contributed by atoms with Crippen molar-refractivity contribution in [1.29, 1.82) is 0 Å². The highest BCUT2D eigenvalue weighted by atomic mass is 16.5. The number of amides is 1. The lowest BCUT2D eigenvalue weighted by molar-refractivity contribution is -0.142. The number of ether oxygens (including phenoxy) is 1. The zero-order valence-electron chi connectivity index (χ0n) is 13.3. The van der Waals surface area contributed by atoms with E-state index in [1.165, 1.54) is 25.7 Å². The molecule has 1 spiro atoms. The summed E-state index contributed by atoms with van der Waals surface area (Å²) < 4.78 is 5.16. The Balaban J connectivity index is 1.63. The standard InChI is InChI=1S/C18H25NO3/c1-22-15-6-4-5-14(13-15)16(20)17(21)19-11-9-18(10-12-19)7-2-3-8-18/h4-6,13,16,20H,2-3,7-12H2,1H3. The number of likely N-dealkylation sites (tertiary alicyclic amines) is 1. The third kappa shape index (κ3) is 2.98. The minimum absolute atomic E-state index is 0.180. The van der Waals surface area contributed by atoms with Gasteiger partial charge in [0, 0.05) is 13.1 Å². The smallest absolute Gasteiger partial charge is 0.256 e. The molecule has 0 radical (unpaired) electrons. The number of rotatable bonds is 3. The molecule has 1 heterocycles.